The maximum atomic E-state index is 12.2. The molecule has 1 heterocycles. The number of aromatic carboxylic acids is 1. The molecule has 1 fully saturated rings. The lowest BCUT2D eigenvalue weighted by molar-refractivity contribution is -0.141. The Hall–Kier alpha value is -2.37. The van der Waals surface area contributed by atoms with Crippen LogP contribution in [0.15, 0.2) is 24.3 Å². The first-order valence-corrected chi connectivity index (χ1v) is 5.88. The first-order valence-electron chi connectivity index (χ1n) is 5.88. The molecule has 0 aromatic heterocycles. The molecule has 0 spiro atoms. The van der Waals surface area contributed by atoms with Gasteiger partial charge in [-0.2, -0.15) is 0 Å². The topological polar surface area (TPSA) is 94.9 Å². The number of carboxylic acids is 2. The van der Waals surface area contributed by atoms with E-state index in [9.17, 15) is 14.4 Å². The van der Waals surface area contributed by atoms with Crippen molar-refractivity contribution in [3.8, 4) is 0 Å². The Kier molecular flexibility index (Phi) is 3.50. The minimum atomic E-state index is -1.07. The number of nitrogens with zero attached hydrogens (tertiary/aromatic N) is 1. The van der Waals surface area contributed by atoms with E-state index < -0.39 is 18.0 Å². The van der Waals surface area contributed by atoms with Crippen LogP contribution in [-0.2, 0) is 4.79 Å². The third-order valence-electron chi connectivity index (χ3n) is 3.18. The smallest absolute Gasteiger partial charge is 0.335 e. The molecule has 0 radical (unpaired) electrons. The highest BCUT2D eigenvalue weighted by Gasteiger charge is 2.34. The number of carbonyl (C=O) groups excluding carboxylic acids is 1. The van der Waals surface area contributed by atoms with Gasteiger partial charge < -0.3 is 15.1 Å². The number of likely N-dealkylation sites (tertiary alicyclic amines) is 1. The van der Waals surface area contributed by atoms with Crippen LogP contribution in [-0.4, -0.2) is 45.5 Å². The van der Waals surface area contributed by atoms with Crippen LogP contribution in [0.5, 0.6) is 0 Å². The molecule has 1 aromatic carbocycles. The molecule has 0 aliphatic carbocycles. The fourth-order valence-electron chi connectivity index (χ4n) is 2.19. The minimum Gasteiger partial charge on any atom is -0.480 e. The van der Waals surface area contributed by atoms with Crippen molar-refractivity contribution in [2.45, 2.75) is 18.9 Å². The van der Waals surface area contributed by atoms with Gasteiger partial charge in [-0.25, -0.2) is 9.59 Å². The van der Waals surface area contributed by atoms with Gasteiger partial charge in [0, 0.05) is 12.1 Å². The molecule has 1 unspecified atom stereocenters. The van der Waals surface area contributed by atoms with E-state index in [1.165, 1.54) is 29.2 Å². The van der Waals surface area contributed by atoms with E-state index in [2.05, 4.69) is 0 Å². The van der Waals surface area contributed by atoms with Gasteiger partial charge in [0.25, 0.3) is 5.91 Å². The van der Waals surface area contributed by atoms with Crippen molar-refractivity contribution in [1.82, 2.24) is 4.90 Å². The predicted octanol–water partition coefficient (Wildman–Crippen LogP) is 1.07. The third-order valence-corrected chi connectivity index (χ3v) is 3.18. The molecular formula is C13H13NO5. The molecule has 1 saturated heterocycles. The number of benzene rings is 1. The SMILES string of the molecule is O=C(O)c1ccc(C(=O)N2CCCC2C(=O)O)cc1. The van der Waals surface area contributed by atoms with E-state index in [4.69, 9.17) is 10.2 Å². The average Bonchev–Trinajstić information content (AvgIpc) is 2.87. The Balaban J connectivity index is 2.19. The summed E-state index contributed by atoms with van der Waals surface area (Å²) in [7, 11) is 0. The maximum absolute atomic E-state index is 12.2. The lowest BCUT2D eigenvalue weighted by Gasteiger charge is -2.21. The second-order valence-electron chi connectivity index (χ2n) is 4.38. The quantitative estimate of drug-likeness (QED) is 0.850. The summed E-state index contributed by atoms with van der Waals surface area (Å²) in [6.45, 7) is 0.413. The van der Waals surface area contributed by atoms with Gasteiger partial charge in [-0.05, 0) is 37.1 Å². The van der Waals surface area contributed by atoms with E-state index >= 15 is 0 Å². The molecule has 2 rings (SSSR count). The van der Waals surface area contributed by atoms with E-state index in [-0.39, 0.29) is 11.5 Å². The van der Waals surface area contributed by atoms with Crippen molar-refractivity contribution < 1.29 is 24.6 Å². The van der Waals surface area contributed by atoms with Crippen LogP contribution >= 0.6 is 0 Å². The summed E-state index contributed by atoms with van der Waals surface area (Å²) in [6.07, 6.45) is 1.12. The second-order valence-corrected chi connectivity index (χ2v) is 4.38. The van der Waals surface area contributed by atoms with Crippen molar-refractivity contribution in [2.75, 3.05) is 6.54 Å². The van der Waals surface area contributed by atoms with E-state index in [0.29, 0.717) is 24.9 Å². The molecule has 100 valence electrons. The van der Waals surface area contributed by atoms with Gasteiger partial charge in [-0.3, -0.25) is 4.79 Å². The van der Waals surface area contributed by atoms with Crippen LogP contribution in [0.3, 0.4) is 0 Å². The molecule has 1 aliphatic rings. The number of carboxylic acid groups (broad SMARTS) is 2. The standard InChI is InChI=1S/C13H13NO5/c15-11(14-7-1-2-10(14)13(18)19)8-3-5-9(6-4-8)12(16)17/h3-6,10H,1-2,7H2,(H,16,17)(H,18,19). The molecule has 1 amide bonds. The first-order chi connectivity index (χ1) is 9.00. The van der Waals surface area contributed by atoms with Crippen LogP contribution in [0.2, 0.25) is 0 Å². The van der Waals surface area contributed by atoms with Gasteiger partial charge in [0.05, 0.1) is 5.56 Å². The number of amides is 1. The largest absolute Gasteiger partial charge is 0.480 e. The Morgan fingerprint density at radius 1 is 1.05 bits per heavy atom. The number of hydrogen-bond donors (Lipinski definition) is 2. The Morgan fingerprint density at radius 3 is 2.16 bits per heavy atom. The van der Waals surface area contributed by atoms with E-state index in [1.807, 2.05) is 0 Å². The lowest BCUT2D eigenvalue weighted by atomic mass is 10.1. The molecule has 1 aliphatic heterocycles. The lowest BCUT2D eigenvalue weighted by Crippen LogP contribution is -2.40. The molecule has 6 nitrogen and oxygen atoms in total. The summed E-state index contributed by atoms with van der Waals surface area (Å²) in [5.41, 5.74) is 0.394. The van der Waals surface area contributed by atoms with Crippen molar-refractivity contribution in [2.24, 2.45) is 0 Å². The normalized spacial score (nSPS) is 18.3. The van der Waals surface area contributed by atoms with Gasteiger partial charge >= 0.3 is 11.9 Å². The summed E-state index contributed by atoms with van der Waals surface area (Å²) in [4.78, 5) is 35.2. The highest BCUT2D eigenvalue weighted by atomic mass is 16.4. The number of aliphatic carboxylic acids is 1. The van der Waals surface area contributed by atoms with Gasteiger partial charge in [0.2, 0.25) is 0 Å². The zero-order valence-corrected chi connectivity index (χ0v) is 10.1. The molecule has 2 N–H and O–H groups in total. The number of hydrogen-bond acceptors (Lipinski definition) is 3. The molecule has 6 heteroatoms. The summed E-state index contributed by atoms with van der Waals surface area (Å²) in [6, 6.07) is 4.70. The van der Waals surface area contributed by atoms with E-state index in [0.717, 1.165) is 0 Å². The van der Waals surface area contributed by atoms with Gasteiger partial charge in [-0.1, -0.05) is 0 Å². The fraction of sp³-hybridized carbons (Fsp3) is 0.308. The van der Waals surface area contributed by atoms with Gasteiger partial charge in [-0.15, -0.1) is 0 Å². The van der Waals surface area contributed by atoms with Crippen molar-refractivity contribution >= 4 is 17.8 Å². The van der Waals surface area contributed by atoms with Gasteiger partial charge in [0.1, 0.15) is 6.04 Å². The summed E-state index contributed by atoms with van der Waals surface area (Å²) in [5, 5.41) is 17.8. The first kappa shape index (κ1) is 13.1. The van der Waals surface area contributed by atoms with Crippen LogP contribution in [0.4, 0.5) is 0 Å². The Labute approximate surface area is 109 Å². The zero-order chi connectivity index (χ0) is 14.0. The zero-order valence-electron chi connectivity index (χ0n) is 10.1. The Bertz CT molecular complexity index is 522. The van der Waals surface area contributed by atoms with E-state index in [1.54, 1.807) is 0 Å². The monoisotopic (exact) mass is 263 g/mol. The summed E-state index contributed by atoms with van der Waals surface area (Å²) < 4.78 is 0. The minimum absolute atomic E-state index is 0.0905. The molecular weight excluding hydrogens is 250 g/mol. The van der Waals surface area contributed by atoms with Crippen molar-refractivity contribution in [1.29, 1.82) is 0 Å². The molecule has 1 aromatic rings. The predicted molar refractivity (Wildman–Crippen MR) is 65.1 cm³/mol. The summed E-state index contributed by atoms with van der Waals surface area (Å²) >= 11 is 0. The highest BCUT2D eigenvalue weighted by molar-refractivity contribution is 5.98. The second kappa shape index (κ2) is 5.09. The average molecular weight is 263 g/mol. The molecule has 0 saturated carbocycles. The van der Waals surface area contributed by atoms with Crippen LogP contribution in [0.25, 0.3) is 0 Å². The van der Waals surface area contributed by atoms with Crippen LogP contribution < -0.4 is 0 Å². The van der Waals surface area contributed by atoms with Crippen LogP contribution in [0, 0.1) is 0 Å². The molecule has 19 heavy (non-hydrogen) atoms. The van der Waals surface area contributed by atoms with Crippen molar-refractivity contribution in [3.63, 3.8) is 0 Å². The maximum Gasteiger partial charge on any atom is 0.335 e. The Morgan fingerprint density at radius 2 is 1.63 bits per heavy atom. The fourth-order valence-corrected chi connectivity index (χ4v) is 2.19. The number of rotatable bonds is 3. The molecule has 0 bridgehead atoms. The highest BCUT2D eigenvalue weighted by Crippen LogP contribution is 2.20. The third kappa shape index (κ3) is 2.57. The van der Waals surface area contributed by atoms with Crippen molar-refractivity contribution in [3.05, 3.63) is 35.4 Å². The molecule has 1 atom stereocenters. The number of carbonyl (C=O) groups is 3. The van der Waals surface area contributed by atoms with Crippen LogP contribution in [0.1, 0.15) is 33.6 Å². The van der Waals surface area contributed by atoms with Gasteiger partial charge in [0.15, 0.2) is 0 Å². The summed E-state index contributed by atoms with van der Waals surface area (Å²) in [5.74, 6) is -2.45.